The lowest BCUT2D eigenvalue weighted by Crippen LogP contribution is -2.52. The number of hydrogen-bond donors (Lipinski definition) is 1. The summed E-state index contributed by atoms with van der Waals surface area (Å²) in [6.45, 7) is 2.29. The second-order valence-corrected chi connectivity index (χ2v) is 10.5. The van der Waals surface area contributed by atoms with Gasteiger partial charge in [-0.15, -0.1) is 11.3 Å². The van der Waals surface area contributed by atoms with Gasteiger partial charge in [0, 0.05) is 18.9 Å². The van der Waals surface area contributed by atoms with Gasteiger partial charge in [-0.1, -0.05) is 42.4 Å². The molecule has 1 unspecified atom stereocenters. The van der Waals surface area contributed by atoms with E-state index in [1.54, 1.807) is 37.3 Å². The normalized spacial score (nSPS) is 23.6. The molecule has 1 N–H and O–H groups in total. The molecule has 2 heterocycles. The van der Waals surface area contributed by atoms with Crippen LogP contribution < -0.4 is 9.83 Å². The van der Waals surface area contributed by atoms with Crippen molar-refractivity contribution in [3.8, 4) is 10.6 Å². The van der Waals surface area contributed by atoms with Gasteiger partial charge in [-0.05, 0) is 23.6 Å². The number of rotatable bonds is 7. The zero-order valence-electron chi connectivity index (χ0n) is 16.3. The van der Waals surface area contributed by atoms with Gasteiger partial charge < -0.3 is 14.4 Å². The zero-order chi connectivity index (χ0) is 22.6. The maximum Gasteiger partial charge on any atom is 0.304 e. The number of carbonyl (C=O) groups is 1. The molecule has 164 valence electrons. The van der Waals surface area contributed by atoms with Gasteiger partial charge >= 0.3 is 5.92 Å². The molecule has 1 aliphatic rings. The van der Waals surface area contributed by atoms with Gasteiger partial charge in [-0.2, -0.15) is 13.5 Å². The van der Waals surface area contributed by atoms with E-state index < -0.39 is 45.1 Å². The molecule has 1 aliphatic carbocycles. The summed E-state index contributed by atoms with van der Waals surface area (Å²) >= 11 is 0.764. The Morgan fingerprint density at radius 1 is 1.26 bits per heavy atom. The summed E-state index contributed by atoms with van der Waals surface area (Å²) in [6, 6.07) is 12.4. The molecular weight excluding hydrogens is 450 g/mol. The lowest BCUT2D eigenvalue weighted by atomic mass is 10.1. The standard InChI is InChI=1S/C20H18F2N2O5S2/c1-11-17(12-6-4-3-5-7-12)20(11,18(25)26)24-31(27,28)16-9-8-14(30-16)13-10-15(29-23-13)19(2,21)22/h3-11,17,24H,1-2H3,(H,25,26)/p-1/t11?,17-,20+/m1/s1. The van der Waals surface area contributed by atoms with E-state index in [-0.39, 0.29) is 14.8 Å². The number of hydrogen-bond acceptors (Lipinski definition) is 7. The van der Waals surface area contributed by atoms with Crippen LogP contribution in [0.5, 0.6) is 0 Å². The maximum atomic E-state index is 13.4. The fourth-order valence-corrected chi connectivity index (χ4v) is 6.47. The van der Waals surface area contributed by atoms with Crippen molar-refractivity contribution < 1.29 is 31.6 Å². The number of carbonyl (C=O) groups excluding carboxylic acids is 1. The van der Waals surface area contributed by atoms with Crippen molar-refractivity contribution in [1.29, 1.82) is 0 Å². The van der Waals surface area contributed by atoms with E-state index in [0.717, 1.165) is 17.4 Å². The van der Waals surface area contributed by atoms with Gasteiger partial charge in [0.2, 0.25) is 5.76 Å². The summed E-state index contributed by atoms with van der Waals surface area (Å²) in [5.41, 5.74) is -1.04. The summed E-state index contributed by atoms with van der Waals surface area (Å²) in [6.07, 6.45) is 0. The predicted octanol–water partition coefficient (Wildman–Crippen LogP) is 2.72. The first-order chi connectivity index (χ1) is 14.5. The fourth-order valence-electron chi connectivity index (χ4n) is 3.76. The van der Waals surface area contributed by atoms with Crippen molar-refractivity contribution in [2.45, 2.75) is 35.4 Å². The largest absolute Gasteiger partial charge is 0.548 e. The molecule has 3 atom stereocenters. The summed E-state index contributed by atoms with van der Waals surface area (Å²) in [4.78, 5) is 12.3. The first kappa shape index (κ1) is 21.6. The number of benzene rings is 1. The molecule has 1 aromatic carbocycles. The van der Waals surface area contributed by atoms with Gasteiger partial charge in [0.05, 0.1) is 16.4 Å². The third-order valence-electron chi connectivity index (χ3n) is 5.44. The number of nitrogens with one attached hydrogen (secondary N) is 1. The molecule has 0 spiro atoms. The fraction of sp³-hybridized carbons (Fsp3) is 0.300. The van der Waals surface area contributed by atoms with Gasteiger partial charge in [0.15, 0.2) is 0 Å². The average molecular weight is 467 g/mol. The number of nitrogens with zero attached hydrogens (tertiary/aromatic N) is 1. The highest BCUT2D eigenvalue weighted by Gasteiger charge is 2.65. The Morgan fingerprint density at radius 2 is 1.94 bits per heavy atom. The van der Waals surface area contributed by atoms with Crippen LogP contribution in [0.15, 0.2) is 57.3 Å². The molecular formula is C20H17F2N2O5S2-. The van der Waals surface area contributed by atoms with Gasteiger partial charge in [0.25, 0.3) is 10.0 Å². The number of sulfonamides is 1. The van der Waals surface area contributed by atoms with Crippen molar-refractivity contribution in [1.82, 2.24) is 9.88 Å². The van der Waals surface area contributed by atoms with Crippen LogP contribution in [0.3, 0.4) is 0 Å². The molecule has 3 aromatic rings. The predicted molar refractivity (Wildman–Crippen MR) is 106 cm³/mol. The van der Waals surface area contributed by atoms with Crippen molar-refractivity contribution in [3.05, 3.63) is 59.9 Å². The third kappa shape index (κ3) is 3.66. The Balaban J connectivity index is 1.62. The Hall–Kier alpha value is -2.63. The monoisotopic (exact) mass is 467 g/mol. The Bertz CT molecular complexity index is 1230. The lowest BCUT2D eigenvalue weighted by molar-refractivity contribution is -0.310. The topological polar surface area (TPSA) is 112 Å². The molecule has 0 bridgehead atoms. The van der Waals surface area contributed by atoms with E-state index >= 15 is 0 Å². The molecule has 0 aliphatic heterocycles. The van der Waals surface area contributed by atoms with Crippen LogP contribution in [-0.4, -0.2) is 25.1 Å². The summed E-state index contributed by atoms with van der Waals surface area (Å²) in [5, 5.41) is 15.5. The molecule has 1 saturated carbocycles. The lowest BCUT2D eigenvalue weighted by Gasteiger charge is -2.21. The van der Waals surface area contributed by atoms with E-state index in [0.29, 0.717) is 12.5 Å². The summed E-state index contributed by atoms with van der Waals surface area (Å²) in [5.74, 6) is -6.50. The molecule has 4 rings (SSSR count). The van der Waals surface area contributed by atoms with Crippen molar-refractivity contribution >= 4 is 27.3 Å². The smallest absolute Gasteiger partial charge is 0.304 e. The van der Waals surface area contributed by atoms with Crippen LogP contribution in [0.2, 0.25) is 0 Å². The van der Waals surface area contributed by atoms with E-state index in [1.165, 1.54) is 12.1 Å². The Labute approximate surface area is 180 Å². The average Bonchev–Trinajstić information content (AvgIpc) is 3.13. The Kier molecular flexibility index (Phi) is 5.02. The van der Waals surface area contributed by atoms with Crippen molar-refractivity contribution in [2.24, 2.45) is 5.92 Å². The molecule has 0 amide bonds. The minimum Gasteiger partial charge on any atom is -0.548 e. The highest BCUT2D eigenvalue weighted by atomic mass is 32.2. The molecule has 0 saturated heterocycles. The first-order valence-corrected chi connectivity index (χ1v) is 11.5. The van der Waals surface area contributed by atoms with Crippen LogP contribution in [0.1, 0.15) is 31.1 Å². The minimum atomic E-state index is -4.24. The quantitative estimate of drug-likeness (QED) is 0.572. The van der Waals surface area contributed by atoms with Crippen LogP contribution >= 0.6 is 11.3 Å². The zero-order valence-corrected chi connectivity index (χ0v) is 18.0. The van der Waals surface area contributed by atoms with Gasteiger partial charge in [-0.25, -0.2) is 8.42 Å². The Morgan fingerprint density at radius 3 is 2.52 bits per heavy atom. The molecule has 0 radical (unpaired) electrons. The second kappa shape index (κ2) is 7.21. The van der Waals surface area contributed by atoms with Crippen LogP contribution in [-0.2, 0) is 20.7 Å². The SMILES string of the molecule is CC1[C@H](c2ccccc2)[C@]1(NS(=O)(=O)c1ccc(-c2cc(C(C)(F)F)on2)s1)C(=O)[O-]. The number of halogens is 2. The van der Waals surface area contributed by atoms with Gasteiger partial charge in [0.1, 0.15) is 9.90 Å². The first-order valence-electron chi connectivity index (χ1n) is 9.22. The van der Waals surface area contributed by atoms with Crippen LogP contribution in [0, 0.1) is 5.92 Å². The minimum absolute atomic E-state index is 0.0551. The number of carboxylic acids is 1. The molecule has 2 aromatic heterocycles. The van der Waals surface area contributed by atoms with Crippen molar-refractivity contribution in [3.63, 3.8) is 0 Å². The molecule has 11 heteroatoms. The van der Waals surface area contributed by atoms with E-state index in [4.69, 9.17) is 0 Å². The van der Waals surface area contributed by atoms with Crippen molar-refractivity contribution in [2.75, 3.05) is 0 Å². The number of thiophene rings is 1. The second-order valence-electron chi connectivity index (χ2n) is 7.52. The summed E-state index contributed by atoms with van der Waals surface area (Å²) in [7, 11) is -4.24. The summed E-state index contributed by atoms with van der Waals surface area (Å²) < 4.78 is 59.4. The third-order valence-corrected chi connectivity index (χ3v) is 8.52. The van der Waals surface area contributed by atoms with Gasteiger partial charge in [-0.3, -0.25) is 0 Å². The molecule has 1 fully saturated rings. The maximum absolute atomic E-state index is 13.4. The molecule has 31 heavy (non-hydrogen) atoms. The van der Waals surface area contributed by atoms with E-state index in [1.807, 2.05) is 0 Å². The highest BCUT2D eigenvalue weighted by molar-refractivity contribution is 7.91. The van der Waals surface area contributed by atoms with E-state index in [2.05, 4.69) is 14.4 Å². The highest BCUT2D eigenvalue weighted by Crippen LogP contribution is 2.57. The van der Waals surface area contributed by atoms with Crippen LogP contribution in [0.25, 0.3) is 10.6 Å². The molecule has 7 nitrogen and oxygen atoms in total. The number of carboxylic acid groups (broad SMARTS) is 1. The number of aromatic nitrogens is 1. The van der Waals surface area contributed by atoms with E-state index in [9.17, 15) is 27.1 Å². The number of aliphatic carboxylic acids is 1. The number of alkyl halides is 2. The van der Waals surface area contributed by atoms with Crippen LogP contribution in [0.4, 0.5) is 8.78 Å².